The van der Waals surface area contributed by atoms with E-state index in [9.17, 15) is 10.1 Å². The van der Waals surface area contributed by atoms with Crippen molar-refractivity contribution in [3.05, 3.63) is 93.7 Å². The molecule has 1 fully saturated rings. The third-order valence-corrected chi connectivity index (χ3v) is 7.94. The number of carbonyl (C=O) groups excluding carboxylic acids is 1. The van der Waals surface area contributed by atoms with E-state index in [4.69, 9.17) is 23.2 Å². The quantitative estimate of drug-likeness (QED) is 0.448. The van der Waals surface area contributed by atoms with Crippen molar-refractivity contribution in [1.82, 2.24) is 5.32 Å². The highest BCUT2D eigenvalue weighted by Gasteiger charge is 2.62. The van der Waals surface area contributed by atoms with Gasteiger partial charge in [0.1, 0.15) is 17.0 Å². The van der Waals surface area contributed by atoms with E-state index < -0.39 is 46.5 Å². The molecule has 5 nitrogen and oxygen atoms in total. The second-order valence-electron chi connectivity index (χ2n) is 9.92. The molecule has 3 aliphatic rings. The Morgan fingerprint density at radius 1 is 1.11 bits per heavy atom. The molecule has 3 aliphatic heterocycles. The number of hydrogen-bond acceptors (Lipinski definition) is 3. The summed E-state index contributed by atoms with van der Waals surface area (Å²) >= 11 is 12.2. The molecular weight excluding hydrogens is 505 g/mol. The first kappa shape index (κ1) is 24.6. The molecule has 9 heteroatoms. The molecule has 1 aromatic heterocycles. The number of nitrogens with one attached hydrogen (secondary N) is 2. The van der Waals surface area contributed by atoms with Gasteiger partial charge in [-0.3, -0.25) is 4.79 Å². The highest BCUT2D eigenvalue weighted by Crippen LogP contribution is 2.52. The van der Waals surface area contributed by atoms with E-state index in [1.165, 1.54) is 24.3 Å². The lowest BCUT2D eigenvalue weighted by Gasteiger charge is -2.37. The largest absolute Gasteiger partial charge is 0.324 e. The number of amides is 1. The van der Waals surface area contributed by atoms with Crippen LogP contribution in [0.2, 0.25) is 10.0 Å². The van der Waals surface area contributed by atoms with E-state index in [-0.39, 0.29) is 21.2 Å². The Kier molecular flexibility index (Phi) is 6.03. The number of rotatable bonds is 2. The Balaban J connectivity index is 1.83. The number of halogens is 4. The summed E-state index contributed by atoms with van der Waals surface area (Å²) < 4.78 is 33.2. The summed E-state index contributed by atoms with van der Waals surface area (Å²) in [4.78, 5) is 13.6. The molecule has 2 aromatic carbocycles. The lowest BCUT2D eigenvalue weighted by molar-refractivity contribution is -0.759. The summed E-state index contributed by atoms with van der Waals surface area (Å²) in [6.07, 6.45) is 4.02. The smallest absolute Gasteiger partial charge is 0.242 e. The second-order valence-corrected chi connectivity index (χ2v) is 10.8. The van der Waals surface area contributed by atoms with Crippen LogP contribution in [0.3, 0.4) is 0 Å². The van der Waals surface area contributed by atoms with Crippen molar-refractivity contribution in [2.45, 2.75) is 49.2 Å². The van der Waals surface area contributed by atoms with E-state index in [2.05, 4.69) is 16.7 Å². The zero-order chi connectivity index (χ0) is 25.8. The number of fused-ring (bicyclic) bond motifs is 4. The van der Waals surface area contributed by atoms with Gasteiger partial charge < -0.3 is 10.6 Å². The monoisotopic (exact) mass is 527 g/mol. The maximum absolute atomic E-state index is 15.6. The maximum atomic E-state index is 15.6. The fourth-order valence-electron chi connectivity index (χ4n) is 5.68. The molecule has 4 heterocycles. The molecule has 6 rings (SSSR count). The number of aromatic nitrogens is 1. The Labute approximate surface area is 217 Å². The summed E-state index contributed by atoms with van der Waals surface area (Å²) in [6, 6.07) is 12.6. The van der Waals surface area contributed by atoms with E-state index in [1.807, 2.05) is 30.8 Å². The first-order chi connectivity index (χ1) is 17.1. The Hall–Kier alpha value is -3.05. The SMILES string of the molecule is CC1(C)CC2NC(C(=O)Nc3cc[n+]1cc3)C(c1cccc(Cl)c1F)C2(C#N)c1ccc(Cl)cc1F. The highest BCUT2D eigenvalue weighted by atomic mass is 35.5. The van der Waals surface area contributed by atoms with Gasteiger partial charge in [0.15, 0.2) is 17.9 Å². The average Bonchev–Trinajstić information content (AvgIpc) is 3.13. The van der Waals surface area contributed by atoms with Crippen molar-refractivity contribution >= 4 is 34.8 Å². The molecule has 4 unspecified atom stereocenters. The molecule has 4 bridgehead atoms. The zero-order valence-electron chi connectivity index (χ0n) is 19.5. The topological polar surface area (TPSA) is 68.8 Å². The number of anilines is 1. The van der Waals surface area contributed by atoms with E-state index >= 15 is 8.78 Å². The van der Waals surface area contributed by atoms with Gasteiger partial charge >= 0.3 is 0 Å². The van der Waals surface area contributed by atoms with Crippen molar-refractivity contribution in [3.63, 3.8) is 0 Å². The molecule has 0 radical (unpaired) electrons. The molecule has 3 aromatic rings. The molecule has 1 saturated heterocycles. The molecule has 0 spiro atoms. The highest BCUT2D eigenvalue weighted by molar-refractivity contribution is 6.31. The normalized spacial score (nSPS) is 26.7. The summed E-state index contributed by atoms with van der Waals surface area (Å²) in [5.74, 6) is -3.01. The minimum atomic E-state index is -1.67. The van der Waals surface area contributed by atoms with Crippen molar-refractivity contribution in [2.24, 2.45) is 0 Å². The lowest BCUT2D eigenvalue weighted by atomic mass is 9.63. The molecule has 0 saturated carbocycles. The van der Waals surface area contributed by atoms with Crippen LogP contribution in [0.15, 0.2) is 60.9 Å². The van der Waals surface area contributed by atoms with Gasteiger partial charge in [-0.05, 0) is 23.8 Å². The van der Waals surface area contributed by atoms with Gasteiger partial charge in [0.25, 0.3) is 0 Å². The summed E-state index contributed by atoms with van der Waals surface area (Å²) in [5.41, 5.74) is -1.58. The predicted molar refractivity (Wildman–Crippen MR) is 133 cm³/mol. The Bertz CT molecular complexity index is 1410. The second kappa shape index (κ2) is 8.81. The fraction of sp³-hybridized carbons (Fsp3) is 0.296. The lowest BCUT2D eigenvalue weighted by Crippen LogP contribution is -2.57. The molecule has 4 atom stereocenters. The summed E-state index contributed by atoms with van der Waals surface area (Å²) in [6.45, 7) is 3.98. The van der Waals surface area contributed by atoms with Crippen LogP contribution in [0.25, 0.3) is 0 Å². The zero-order valence-corrected chi connectivity index (χ0v) is 21.0. The Morgan fingerprint density at radius 3 is 2.50 bits per heavy atom. The van der Waals surface area contributed by atoms with Crippen molar-refractivity contribution in [2.75, 3.05) is 5.32 Å². The van der Waals surface area contributed by atoms with Crippen LogP contribution in [0.1, 0.15) is 37.3 Å². The van der Waals surface area contributed by atoms with E-state index in [1.54, 1.807) is 18.2 Å². The molecule has 0 aliphatic carbocycles. The van der Waals surface area contributed by atoms with Crippen LogP contribution in [-0.2, 0) is 15.7 Å². The number of hydrogen-bond donors (Lipinski definition) is 2. The number of pyridine rings is 1. The minimum Gasteiger partial charge on any atom is -0.324 e. The summed E-state index contributed by atoms with van der Waals surface area (Å²) in [5, 5.41) is 17.0. The van der Waals surface area contributed by atoms with Gasteiger partial charge in [-0.2, -0.15) is 5.26 Å². The standard InChI is InChI=1S/C27H22Cl2F2N4O/c1-26(2)13-21-27(14-32,18-7-6-15(28)12-20(18)30)22(17-4-3-5-19(29)23(17)31)24(34-21)25(36)33-16-8-10-35(26)11-9-16/h3-12,21-22,24,34H,13H2,1-2H3/p+1. The van der Waals surface area contributed by atoms with Crippen molar-refractivity contribution in [1.29, 1.82) is 5.26 Å². The molecule has 184 valence electrons. The van der Waals surface area contributed by atoms with Crippen LogP contribution < -0.4 is 15.2 Å². The van der Waals surface area contributed by atoms with Crippen LogP contribution in [0.4, 0.5) is 14.5 Å². The Morgan fingerprint density at radius 2 is 1.83 bits per heavy atom. The molecular formula is C27H23Cl2F2N4O+. The number of nitriles is 1. The molecule has 36 heavy (non-hydrogen) atoms. The minimum absolute atomic E-state index is 0.0401. The maximum Gasteiger partial charge on any atom is 0.242 e. The predicted octanol–water partition coefficient (Wildman–Crippen LogP) is 5.22. The van der Waals surface area contributed by atoms with E-state index in [0.717, 1.165) is 6.07 Å². The van der Waals surface area contributed by atoms with Crippen LogP contribution in [0, 0.1) is 23.0 Å². The fourth-order valence-corrected chi connectivity index (χ4v) is 6.02. The van der Waals surface area contributed by atoms with Gasteiger partial charge in [-0.15, -0.1) is 0 Å². The van der Waals surface area contributed by atoms with Gasteiger partial charge in [0.05, 0.1) is 22.8 Å². The van der Waals surface area contributed by atoms with Crippen molar-refractivity contribution < 1.29 is 18.1 Å². The van der Waals surface area contributed by atoms with Crippen LogP contribution >= 0.6 is 23.2 Å². The van der Waals surface area contributed by atoms with Gasteiger partial charge in [-0.1, -0.05) is 41.4 Å². The average molecular weight is 528 g/mol. The van der Waals surface area contributed by atoms with Crippen LogP contribution in [-0.4, -0.2) is 18.0 Å². The first-order valence-corrected chi connectivity index (χ1v) is 12.2. The van der Waals surface area contributed by atoms with Crippen LogP contribution in [0.5, 0.6) is 0 Å². The third kappa shape index (κ3) is 3.76. The third-order valence-electron chi connectivity index (χ3n) is 7.41. The van der Waals surface area contributed by atoms with E-state index in [0.29, 0.717) is 12.1 Å². The number of nitrogens with zero attached hydrogens (tertiary/aromatic N) is 2. The summed E-state index contributed by atoms with van der Waals surface area (Å²) in [7, 11) is 0. The first-order valence-electron chi connectivity index (χ1n) is 11.5. The molecule has 2 N–H and O–H groups in total. The van der Waals surface area contributed by atoms with Gasteiger partial charge in [0.2, 0.25) is 5.91 Å². The van der Waals surface area contributed by atoms with Gasteiger partial charge in [-0.25, -0.2) is 13.3 Å². The number of carbonyl (C=O) groups is 1. The molecule has 1 amide bonds. The van der Waals surface area contributed by atoms with Gasteiger partial charge in [0, 0.05) is 54.9 Å². The number of benzene rings is 2. The van der Waals surface area contributed by atoms with Crippen molar-refractivity contribution in [3.8, 4) is 6.07 Å².